The van der Waals surface area contributed by atoms with Crippen LogP contribution in [-0.4, -0.2) is 61.5 Å². The fourth-order valence-electron chi connectivity index (χ4n) is 2.19. The van der Waals surface area contributed by atoms with Crippen LogP contribution in [0.3, 0.4) is 0 Å². The molecule has 4 nitrogen and oxygen atoms in total. The molecule has 1 N–H and O–H groups in total. The van der Waals surface area contributed by atoms with Crippen LogP contribution < -0.4 is 5.32 Å². The van der Waals surface area contributed by atoms with E-state index in [-0.39, 0.29) is 5.91 Å². The number of amides is 1. The van der Waals surface area contributed by atoms with Gasteiger partial charge in [0.15, 0.2) is 0 Å². The number of carbonyl (C=O) groups is 1. The summed E-state index contributed by atoms with van der Waals surface area (Å²) < 4.78 is 0. The van der Waals surface area contributed by atoms with Crippen molar-refractivity contribution in [2.45, 2.75) is 38.3 Å². The summed E-state index contributed by atoms with van der Waals surface area (Å²) in [6.45, 7) is 5.83. The van der Waals surface area contributed by atoms with Crippen LogP contribution in [0.5, 0.6) is 0 Å². The first-order chi connectivity index (χ1) is 7.38. The van der Waals surface area contributed by atoms with Gasteiger partial charge in [-0.2, -0.15) is 0 Å². The summed E-state index contributed by atoms with van der Waals surface area (Å²) in [4.78, 5) is 16.3. The molecule has 0 aromatic rings. The average Bonchev–Trinajstić information content (AvgIpc) is 2.63. The van der Waals surface area contributed by atoms with E-state index in [1.54, 1.807) is 0 Å². The molecule has 1 aliphatic rings. The first kappa shape index (κ1) is 13.5. The lowest BCUT2D eigenvalue weighted by Crippen LogP contribution is -2.53. The molecule has 1 saturated heterocycles. The van der Waals surface area contributed by atoms with Crippen molar-refractivity contribution in [2.75, 3.05) is 34.2 Å². The summed E-state index contributed by atoms with van der Waals surface area (Å²) in [5, 5.41) is 3.05. The highest BCUT2D eigenvalue weighted by Crippen LogP contribution is 2.16. The largest absolute Gasteiger partial charge is 0.343 e. The summed E-state index contributed by atoms with van der Waals surface area (Å²) in [6, 6.07) is 0.529. The molecule has 1 fully saturated rings. The van der Waals surface area contributed by atoms with Gasteiger partial charge < -0.3 is 15.1 Å². The monoisotopic (exact) mass is 227 g/mol. The molecule has 0 aromatic carbocycles. The average molecular weight is 227 g/mol. The summed E-state index contributed by atoms with van der Waals surface area (Å²) in [5.74, 6) is 0.162. The third-order valence-electron chi connectivity index (χ3n) is 3.66. The summed E-state index contributed by atoms with van der Waals surface area (Å²) in [6.07, 6.45) is 2.45. The minimum atomic E-state index is -0.466. The number of rotatable bonds is 4. The highest BCUT2D eigenvalue weighted by Gasteiger charge is 2.31. The van der Waals surface area contributed by atoms with Crippen molar-refractivity contribution >= 4 is 5.91 Å². The molecule has 0 radical (unpaired) electrons. The van der Waals surface area contributed by atoms with Crippen molar-refractivity contribution < 1.29 is 4.79 Å². The van der Waals surface area contributed by atoms with E-state index in [1.165, 1.54) is 12.8 Å². The quantitative estimate of drug-likeness (QED) is 0.761. The van der Waals surface area contributed by atoms with E-state index in [0.717, 1.165) is 13.1 Å². The van der Waals surface area contributed by atoms with Crippen LogP contribution >= 0.6 is 0 Å². The Labute approximate surface area is 99.0 Å². The number of carbonyl (C=O) groups excluding carboxylic acids is 1. The Morgan fingerprint density at radius 3 is 2.62 bits per heavy atom. The van der Waals surface area contributed by atoms with Crippen molar-refractivity contribution in [2.24, 2.45) is 0 Å². The zero-order valence-electron chi connectivity index (χ0n) is 11.2. The van der Waals surface area contributed by atoms with Crippen molar-refractivity contribution in [1.29, 1.82) is 0 Å². The van der Waals surface area contributed by atoms with Crippen LogP contribution in [0.1, 0.15) is 26.7 Å². The zero-order chi connectivity index (χ0) is 12.3. The van der Waals surface area contributed by atoms with E-state index in [2.05, 4.69) is 17.3 Å². The molecule has 0 aliphatic carbocycles. The molecule has 1 rings (SSSR count). The highest BCUT2D eigenvalue weighted by atomic mass is 16.2. The van der Waals surface area contributed by atoms with Crippen molar-refractivity contribution in [3.8, 4) is 0 Å². The van der Waals surface area contributed by atoms with Crippen LogP contribution in [0.15, 0.2) is 0 Å². The number of likely N-dealkylation sites (tertiary alicyclic amines) is 1. The van der Waals surface area contributed by atoms with E-state index < -0.39 is 5.54 Å². The molecule has 1 atom stereocenters. The van der Waals surface area contributed by atoms with Crippen molar-refractivity contribution in [3.63, 3.8) is 0 Å². The molecule has 16 heavy (non-hydrogen) atoms. The van der Waals surface area contributed by atoms with Crippen molar-refractivity contribution in [3.05, 3.63) is 0 Å². The first-order valence-electron chi connectivity index (χ1n) is 6.03. The normalized spacial score (nSPS) is 22.4. The summed E-state index contributed by atoms with van der Waals surface area (Å²) in [5.41, 5.74) is -0.466. The number of likely N-dealkylation sites (N-methyl/N-ethyl adjacent to an activating group) is 3. The fraction of sp³-hybridized carbons (Fsp3) is 0.917. The van der Waals surface area contributed by atoms with Gasteiger partial charge in [-0.15, -0.1) is 0 Å². The van der Waals surface area contributed by atoms with E-state index in [4.69, 9.17) is 0 Å². The Kier molecular flexibility index (Phi) is 4.33. The van der Waals surface area contributed by atoms with Gasteiger partial charge >= 0.3 is 0 Å². The molecule has 0 aromatic heterocycles. The van der Waals surface area contributed by atoms with Gasteiger partial charge in [0.25, 0.3) is 0 Å². The molecule has 94 valence electrons. The molecule has 0 saturated carbocycles. The lowest BCUT2D eigenvalue weighted by molar-refractivity contribution is -0.136. The molecule has 0 bridgehead atoms. The predicted octanol–water partition coefficient (Wildman–Crippen LogP) is 0.537. The van der Waals surface area contributed by atoms with Crippen LogP contribution in [-0.2, 0) is 4.79 Å². The first-order valence-corrected chi connectivity index (χ1v) is 6.03. The van der Waals surface area contributed by atoms with E-state index >= 15 is 0 Å². The maximum absolute atomic E-state index is 12.1. The van der Waals surface area contributed by atoms with Gasteiger partial charge in [0, 0.05) is 19.6 Å². The van der Waals surface area contributed by atoms with Gasteiger partial charge in [-0.3, -0.25) is 4.79 Å². The number of hydrogen-bond donors (Lipinski definition) is 1. The van der Waals surface area contributed by atoms with Gasteiger partial charge in [-0.1, -0.05) is 0 Å². The highest BCUT2D eigenvalue weighted by molar-refractivity contribution is 5.85. The zero-order valence-corrected chi connectivity index (χ0v) is 11.2. The van der Waals surface area contributed by atoms with Gasteiger partial charge in [0.1, 0.15) is 0 Å². The molecule has 1 amide bonds. The minimum absolute atomic E-state index is 0.162. The maximum Gasteiger partial charge on any atom is 0.242 e. The summed E-state index contributed by atoms with van der Waals surface area (Å²) >= 11 is 0. The van der Waals surface area contributed by atoms with E-state index in [9.17, 15) is 4.79 Å². The third-order valence-corrected chi connectivity index (χ3v) is 3.66. The Morgan fingerprint density at radius 2 is 2.19 bits per heavy atom. The molecular weight excluding hydrogens is 202 g/mol. The SMILES string of the molecule is CNC(C)(C)C(=O)N(C)CC1CCCN1C. The summed E-state index contributed by atoms with van der Waals surface area (Å²) in [7, 11) is 5.86. The molecule has 1 unspecified atom stereocenters. The number of nitrogens with one attached hydrogen (secondary N) is 1. The van der Waals surface area contributed by atoms with Gasteiger partial charge in [-0.25, -0.2) is 0 Å². The molecule has 4 heteroatoms. The second kappa shape index (κ2) is 5.15. The predicted molar refractivity (Wildman–Crippen MR) is 66.4 cm³/mol. The second-order valence-electron chi connectivity index (χ2n) is 5.34. The van der Waals surface area contributed by atoms with Gasteiger partial charge in [0.05, 0.1) is 5.54 Å². The van der Waals surface area contributed by atoms with Crippen molar-refractivity contribution in [1.82, 2.24) is 15.1 Å². The second-order valence-corrected chi connectivity index (χ2v) is 5.34. The molecule has 1 heterocycles. The Balaban J connectivity index is 2.51. The Hall–Kier alpha value is -0.610. The fourth-order valence-corrected chi connectivity index (χ4v) is 2.19. The number of hydrogen-bond acceptors (Lipinski definition) is 3. The smallest absolute Gasteiger partial charge is 0.242 e. The molecular formula is C12H25N3O. The topological polar surface area (TPSA) is 35.6 Å². The van der Waals surface area contributed by atoms with Crippen LogP contribution in [0.4, 0.5) is 0 Å². The van der Waals surface area contributed by atoms with Crippen LogP contribution in [0.2, 0.25) is 0 Å². The van der Waals surface area contributed by atoms with E-state index in [1.807, 2.05) is 32.8 Å². The number of nitrogens with zero attached hydrogens (tertiary/aromatic N) is 2. The maximum atomic E-state index is 12.1. The third kappa shape index (κ3) is 2.95. The van der Waals surface area contributed by atoms with Crippen LogP contribution in [0, 0.1) is 0 Å². The minimum Gasteiger partial charge on any atom is -0.343 e. The lowest BCUT2D eigenvalue weighted by Gasteiger charge is -2.32. The molecule has 0 spiro atoms. The van der Waals surface area contributed by atoms with E-state index in [0.29, 0.717) is 6.04 Å². The Morgan fingerprint density at radius 1 is 1.56 bits per heavy atom. The van der Waals surface area contributed by atoms with Crippen LogP contribution in [0.25, 0.3) is 0 Å². The van der Waals surface area contributed by atoms with Gasteiger partial charge in [0.2, 0.25) is 5.91 Å². The lowest BCUT2D eigenvalue weighted by atomic mass is 10.0. The Bertz CT molecular complexity index is 253. The standard InChI is InChI=1S/C12H25N3O/c1-12(2,13-3)11(16)15(5)9-10-7-6-8-14(10)4/h10,13H,6-9H2,1-5H3. The van der Waals surface area contributed by atoms with Gasteiger partial charge in [-0.05, 0) is 47.3 Å². The molecule has 1 aliphatic heterocycles.